The van der Waals surface area contributed by atoms with Crippen molar-refractivity contribution in [1.82, 2.24) is 34.5 Å². The molecule has 0 spiro atoms. The Labute approximate surface area is 212 Å². The van der Waals surface area contributed by atoms with Crippen LogP contribution < -0.4 is 0 Å². The highest BCUT2D eigenvalue weighted by atomic mass is 16.2. The summed E-state index contributed by atoms with van der Waals surface area (Å²) >= 11 is 0. The molecule has 1 fully saturated rings. The van der Waals surface area contributed by atoms with Crippen molar-refractivity contribution in [3.05, 3.63) is 70.8 Å². The van der Waals surface area contributed by atoms with Gasteiger partial charge < -0.3 is 4.90 Å². The van der Waals surface area contributed by atoms with Crippen LogP contribution in [0.5, 0.6) is 0 Å². The van der Waals surface area contributed by atoms with Gasteiger partial charge in [-0.1, -0.05) is 43.7 Å². The van der Waals surface area contributed by atoms with E-state index in [1.165, 1.54) is 5.56 Å². The van der Waals surface area contributed by atoms with E-state index in [0.29, 0.717) is 29.7 Å². The lowest BCUT2D eigenvalue weighted by Crippen LogP contribution is -2.44. The van der Waals surface area contributed by atoms with E-state index in [2.05, 4.69) is 57.5 Å². The number of aromatic nitrogens is 6. The summed E-state index contributed by atoms with van der Waals surface area (Å²) in [6.45, 7) is 9.91. The summed E-state index contributed by atoms with van der Waals surface area (Å²) < 4.78 is 3.58. The Bertz CT molecular complexity index is 1360. The fourth-order valence-corrected chi connectivity index (χ4v) is 5.56. The third-order valence-electron chi connectivity index (χ3n) is 8.00. The molecule has 188 valence electrons. The number of nitrogens with zero attached hydrogens (tertiary/aromatic N) is 7. The number of carbonyl (C=O) groups excluding carboxylic acids is 1. The summed E-state index contributed by atoms with van der Waals surface area (Å²) in [6, 6.07) is 14.6. The molecule has 0 N–H and O–H groups in total. The van der Waals surface area contributed by atoms with Gasteiger partial charge in [0.2, 0.25) is 5.91 Å². The molecule has 36 heavy (non-hydrogen) atoms. The summed E-state index contributed by atoms with van der Waals surface area (Å²) in [5, 5.41) is 17.6. The molecule has 1 aromatic carbocycles. The van der Waals surface area contributed by atoms with E-state index in [4.69, 9.17) is 5.10 Å². The number of carbonyl (C=O) groups is 1. The van der Waals surface area contributed by atoms with Crippen LogP contribution in [0.25, 0.3) is 11.5 Å². The van der Waals surface area contributed by atoms with E-state index < -0.39 is 0 Å². The third-order valence-corrected chi connectivity index (χ3v) is 8.00. The van der Waals surface area contributed by atoms with Crippen molar-refractivity contribution in [3.63, 3.8) is 0 Å². The Kier molecular flexibility index (Phi) is 6.60. The molecule has 1 saturated heterocycles. The first kappa shape index (κ1) is 24.2. The van der Waals surface area contributed by atoms with Crippen molar-refractivity contribution in [3.8, 4) is 5.82 Å². The molecule has 5 rings (SSSR count). The maximum absolute atomic E-state index is 13.2. The van der Waals surface area contributed by atoms with Crippen LogP contribution >= 0.6 is 0 Å². The van der Waals surface area contributed by atoms with Crippen LogP contribution in [0.4, 0.5) is 0 Å². The van der Waals surface area contributed by atoms with E-state index in [0.717, 1.165) is 61.5 Å². The summed E-state index contributed by atoms with van der Waals surface area (Å²) in [4.78, 5) is 15.2. The second-order valence-electron chi connectivity index (χ2n) is 10.2. The number of benzene rings is 1. The van der Waals surface area contributed by atoms with E-state index in [-0.39, 0.29) is 5.91 Å². The maximum Gasteiger partial charge on any atom is 0.222 e. The Morgan fingerprint density at radius 2 is 1.72 bits per heavy atom. The molecule has 0 atom stereocenters. The Hall–Kier alpha value is -3.55. The average Bonchev–Trinajstić information content (AvgIpc) is 3.41. The van der Waals surface area contributed by atoms with Gasteiger partial charge in [0.05, 0.1) is 5.69 Å². The molecule has 8 heteroatoms. The zero-order valence-electron chi connectivity index (χ0n) is 21.7. The molecule has 0 bridgehead atoms. The normalized spacial score (nSPS) is 15.5. The highest BCUT2D eigenvalue weighted by Gasteiger charge is 2.34. The Morgan fingerprint density at radius 1 is 0.972 bits per heavy atom. The summed E-state index contributed by atoms with van der Waals surface area (Å²) in [5.74, 6) is 1.69. The van der Waals surface area contributed by atoms with Crippen LogP contribution in [0.1, 0.15) is 60.9 Å². The quantitative estimate of drug-likeness (QED) is 0.387. The van der Waals surface area contributed by atoms with Gasteiger partial charge in [0.25, 0.3) is 0 Å². The number of hydrogen-bond acceptors (Lipinski definition) is 5. The Balaban J connectivity index is 1.23. The predicted octanol–water partition coefficient (Wildman–Crippen LogP) is 4.43. The van der Waals surface area contributed by atoms with Crippen LogP contribution in [0.3, 0.4) is 0 Å². The van der Waals surface area contributed by atoms with Gasteiger partial charge in [0.1, 0.15) is 0 Å². The molecule has 1 amide bonds. The number of amides is 1. The minimum absolute atomic E-state index is 0.241. The van der Waals surface area contributed by atoms with Crippen LogP contribution in [0, 0.1) is 26.2 Å². The van der Waals surface area contributed by atoms with Crippen molar-refractivity contribution in [1.29, 1.82) is 0 Å². The van der Waals surface area contributed by atoms with E-state index in [1.807, 2.05) is 37.6 Å². The van der Waals surface area contributed by atoms with Crippen LogP contribution in [0.15, 0.2) is 42.5 Å². The number of fused-ring (bicyclic) bond motifs is 1. The topological polar surface area (TPSA) is 81.2 Å². The van der Waals surface area contributed by atoms with Crippen LogP contribution in [-0.2, 0) is 17.6 Å². The van der Waals surface area contributed by atoms with E-state index >= 15 is 0 Å². The number of likely N-dealkylation sites (tertiary alicyclic amines) is 1. The lowest BCUT2D eigenvalue weighted by molar-refractivity contribution is -0.133. The van der Waals surface area contributed by atoms with Gasteiger partial charge >= 0.3 is 0 Å². The molecule has 4 aromatic rings. The first-order valence-corrected chi connectivity index (χ1v) is 13.0. The standard InChI is InChI=1S/C28H35N7O/c1-5-28(19-23-9-7-6-8-10-23)15-17-33(18-16-28)27(36)14-11-24-20(2)31-34(21(24)3)26-13-12-25-30-29-22(4)35(25)32-26/h6-10,12-13H,5,11,14-19H2,1-4H3. The van der Waals surface area contributed by atoms with Crippen molar-refractivity contribution in [2.24, 2.45) is 5.41 Å². The van der Waals surface area contributed by atoms with Gasteiger partial charge in [-0.15, -0.1) is 15.3 Å². The largest absolute Gasteiger partial charge is 0.343 e. The van der Waals surface area contributed by atoms with Crippen molar-refractivity contribution in [2.45, 2.75) is 66.2 Å². The molecule has 1 aliphatic heterocycles. The molecular weight excluding hydrogens is 450 g/mol. The molecule has 3 aromatic heterocycles. The lowest BCUT2D eigenvalue weighted by Gasteiger charge is -2.42. The third kappa shape index (κ3) is 4.64. The Morgan fingerprint density at radius 3 is 2.44 bits per heavy atom. The second kappa shape index (κ2) is 9.84. The first-order chi connectivity index (χ1) is 17.4. The monoisotopic (exact) mass is 485 g/mol. The van der Waals surface area contributed by atoms with Gasteiger partial charge in [-0.2, -0.15) is 9.61 Å². The minimum Gasteiger partial charge on any atom is -0.343 e. The highest BCUT2D eigenvalue weighted by molar-refractivity contribution is 5.76. The van der Waals surface area contributed by atoms with Gasteiger partial charge in [-0.25, -0.2) is 4.68 Å². The van der Waals surface area contributed by atoms with Crippen molar-refractivity contribution < 1.29 is 4.79 Å². The molecule has 0 unspecified atom stereocenters. The zero-order valence-corrected chi connectivity index (χ0v) is 21.7. The number of aryl methyl sites for hydroxylation is 2. The van der Waals surface area contributed by atoms with E-state index in [9.17, 15) is 4.79 Å². The molecule has 1 aliphatic rings. The smallest absolute Gasteiger partial charge is 0.222 e. The van der Waals surface area contributed by atoms with Gasteiger partial charge in [-0.05, 0) is 75.1 Å². The predicted molar refractivity (Wildman–Crippen MR) is 139 cm³/mol. The summed E-state index contributed by atoms with van der Waals surface area (Å²) in [6.07, 6.45) is 5.56. The highest BCUT2D eigenvalue weighted by Crippen LogP contribution is 2.38. The van der Waals surface area contributed by atoms with Gasteiger partial charge in [0.15, 0.2) is 17.3 Å². The number of rotatable bonds is 7. The van der Waals surface area contributed by atoms with E-state index in [1.54, 1.807) is 4.52 Å². The zero-order chi connectivity index (χ0) is 25.3. The van der Waals surface area contributed by atoms with Crippen molar-refractivity contribution in [2.75, 3.05) is 13.1 Å². The minimum atomic E-state index is 0.241. The van der Waals surface area contributed by atoms with Crippen LogP contribution in [0.2, 0.25) is 0 Å². The number of hydrogen-bond donors (Lipinski definition) is 0. The maximum atomic E-state index is 13.2. The lowest BCUT2D eigenvalue weighted by atomic mass is 9.72. The second-order valence-corrected chi connectivity index (χ2v) is 10.2. The van der Waals surface area contributed by atoms with Crippen molar-refractivity contribution >= 4 is 11.6 Å². The average molecular weight is 486 g/mol. The van der Waals surface area contributed by atoms with Gasteiger partial charge in [-0.3, -0.25) is 4.79 Å². The molecule has 0 radical (unpaired) electrons. The summed E-state index contributed by atoms with van der Waals surface area (Å²) in [5.41, 5.74) is 5.48. The van der Waals surface area contributed by atoms with Crippen LogP contribution in [-0.4, -0.2) is 53.5 Å². The molecular formula is C28H35N7O. The number of piperidine rings is 1. The fourth-order valence-electron chi connectivity index (χ4n) is 5.56. The van der Waals surface area contributed by atoms with Gasteiger partial charge in [0, 0.05) is 25.2 Å². The molecule has 0 aliphatic carbocycles. The summed E-state index contributed by atoms with van der Waals surface area (Å²) in [7, 11) is 0. The molecule has 8 nitrogen and oxygen atoms in total. The SMILES string of the molecule is CCC1(Cc2ccccc2)CCN(C(=O)CCc2c(C)nn(-c3ccc4nnc(C)n4n3)c2C)CC1. The molecule has 4 heterocycles. The molecule has 0 saturated carbocycles. The fraction of sp³-hybridized carbons (Fsp3) is 0.464. The first-order valence-electron chi connectivity index (χ1n) is 13.0.